The molecule has 0 aromatic carbocycles. The average molecular weight is 265 g/mol. The Morgan fingerprint density at radius 3 is 2.11 bits per heavy atom. The van der Waals surface area contributed by atoms with Gasteiger partial charge in [0, 0.05) is 18.5 Å². The molecule has 2 saturated carbocycles. The van der Waals surface area contributed by atoms with Gasteiger partial charge in [0.25, 0.3) is 0 Å². The molecule has 0 aromatic heterocycles. The second-order valence-corrected chi connectivity index (χ2v) is 6.51. The van der Waals surface area contributed by atoms with Gasteiger partial charge in [0.2, 0.25) is 5.91 Å². The fourth-order valence-corrected chi connectivity index (χ4v) is 3.78. The molecule has 0 aromatic rings. The molecule has 0 radical (unpaired) electrons. The van der Waals surface area contributed by atoms with Gasteiger partial charge in [-0.15, -0.1) is 0 Å². The van der Waals surface area contributed by atoms with Gasteiger partial charge < -0.3 is 4.90 Å². The highest BCUT2D eigenvalue weighted by molar-refractivity contribution is 5.79. The lowest BCUT2D eigenvalue weighted by Crippen LogP contribution is -2.45. The van der Waals surface area contributed by atoms with Gasteiger partial charge in [-0.05, 0) is 32.1 Å². The Morgan fingerprint density at radius 1 is 0.947 bits per heavy atom. The number of carbonyl (C=O) groups is 1. The average Bonchev–Trinajstić information content (AvgIpc) is 2.49. The highest BCUT2D eigenvalue weighted by Gasteiger charge is 2.30. The van der Waals surface area contributed by atoms with Gasteiger partial charge in [-0.25, -0.2) is 0 Å². The molecule has 2 aliphatic carbocycles. The van der Waals surface area contributed by atoms with E-state index in [9.17, 15) is 4.79 Å². The normalized spacial score (nSPS) is 22.4. The van der Waals surface area contributed by atoms with Crippen molar-refractivity contribution in [2.24, 2.45) is 5.92 Å². The van der Waals surface area contributed by atoms with Crippen LogP contribution in [0.4, 0.5) is 0 Å². The molecule has 0 atom stereocenters. The largest absolute Gasteiger partial charge is 0.339 e. The summed E-state index contributed by atoms with van der Waals surface area (Å²) in [6.07, 6.45) is 15.1. The zero-order valence-corrected chi connectivity index (χ0v) is 12.7. The SMILES string of the molecule is CCCCN(C(=O)C1CCCCC1)C1CCCCC1. The molecule has 2 nitrogen and oxygen atoms in total. The fourth-order valence-electron chi connectivity index (χ4n) is 3.78. The van der Waals surface area contributed by atoms with E-state index in [1.165, 1.54) is 64.2 Å². The van der Waals surface area contributed by atoms with Crippen LogP contribution in [0.5, 0.6) is 0 Å². The first-order valence-corrected chi connectivity index (χ1v) is 8.63. The maximum atomic E-state index is 12.8. The molecule has 2 rings (SSSR count). The van der Waals surface area contributed by atoms with E-state index in [4.69, 9.17) is 0 Å². The molecule has 0 aliphatic heterocycles. The third-order valence-corrected chi connectivity index (χ3v) is 5.01. The molecule has 0 N–H and O–H groups in total. The highest BCUT2D eigenvalue weighted by Crippen LogP contribution is 2.29. The maximum absolute atomic E-state index is 12.8. The van der Waals surface area contributed by atoms with Crippen molar-refractivity contribution in [1.29, 1.82) is 0 Å². The van der Waals surface area contributed by atoms with E-state index in [0.29, 0.717) is 17.9 Å². The predicted octanol–water partition coefficient (Wildman–Crippen LogP) is 4.53. The number of nitrogens with zero attached hydrogens (tertiary/aromatic N) is 1. The van der Waals surface area contributed by atoms with Crippen LogP contribution in [-0.2, 0) is 4.79 Å². The summed E-state index contributed by atoms with van der Waals surface area (Å²) in [6.45, 7) is 3.24. The van der Waals surface area contributed by atoms with Crippen molar-refractivity contribution < 1.29 is 4.79 Å². The van der Waals surface area contributed by atoms with Crippen molar-refractivity contribution in [2.75, 3.05) is 6.54 Å². The molecule has 0 bridgehead atoms. The van der Waals surface area contributed by atoms with Crippen LogP contribution < -0.4 is 0 Å². The first kappa shape index (κ1) is 14.9. The Hall–Kier alpha value is -0.530. The first-order valence-electron chi connectivity index (χ1n) is 8.63. The molecule has 1 amide bonds. The second-order valence-electron chi connectivity index (χ2n) is 6.51. The van der Waals surface area contributed by atoms with Gasteiger partial charge in [-0.1, -0.05) is 51.9 Å². The van der Waals surface area contributed by atoms with Crippen LogP contribution in [0.15, 0.2) is 0 Å². The minimum Gasteiger partial charge on any atom is -0.339 e. The maximum Gasteiger partial charge on any atom is 0.225 e. The molecular weight excluding hydrogens is 234 g/mol. The third-order valence-electron chi connectivity index (χ3n) is 5.01. The number of unbranched alkanes of at least 4 members (excludes halogenated alkanes) is 1. The summed E-state index contributed by atoms with van der Waals surface area (Å²) < 4.78 is 0. The van der Waals surface area contributed by atoms with E-state index < -0.39 is 0 Å². The zero-order valence-electron chi connectivity index (χ0n) is 12.7. The molecule has 0 saturated heterocycles. The second kappa shape index (κ2) is 7.91. The molecule has 0 spiro atoms. The Kier molecular flexibility index (Phi) is 6.19. The predicted molar refractivity (Wildman–Crippen MR) is 80.1 cm³/mol. The van der Waals surface area contributed by atoms with Crippen LogP contribution in [0.25, 0.3) is 0 Å². The van der Waals surface area contributed by atoms with E-state index in [2.05, 4.69) is 11.8 Å². The van der Waals surface area contributed by atoms with Crippen molar-refractivity contribution in [3.8, 4) is 0 Å². The third kappa shape index (κ3) is 4.22. The highest BCUT2D eigenvalue weighted by atomic mass is 16.2. The molecule has 0 heterocycles. The van der Waals surface area contributed by atoms with Crippen molar-refractivity contribution >= 4 is 5.91 Å². The van der Waals surface area contributed by atoms with Crippen LogP contribution in [0.3, 0.4) is 0 Å². The monoisotopic (exact) mass is 265 g/mol. The summed E-state index contributed by atoms with van der Waals surface area (Å²) in [5, 5.41) is 0. The number of hydrogen-bond donors (Lipinski definition) is 0. The smallest absolute Gasteiger partial charge is 0.225 e. The lowest BCUT2D eigenvalue weighted by atomic mass is 9.86. The summed E-state index contributed by atoms with van der Waals surface area (Å²) >= 11 is 0. The summed E-state index contributed by atoms with van der Waals surface area (Å²) in [6, 6.07) is 0.565. The fraction of sp³-hybridized carbons (Fsp3) is 0.941. The van der Waals surface area contributed by atoms with E-state index in [1.807, 2.05) is 0 Å². The Bertz CT molecular complexity index is 264. The number of amides is 1. The minimum absolute atomic E-state index is 0.354. The van der Waals surface area contributed by atoms with Gasteiger partial charge in [0.1, 0.15) is 0 Å². The number of rotatable bonds is 5. The van der Waals surface area contributed by atoms with E-state index in [1.54, 1.807) is 0 Å². The molecule has 0 unspecified atom stereocenters. The van der Waals surface area contributed by atoms with Crippen molar-refractivity contribution in [3.05, 3.63) is 0 Å². The summed E-state index contributed by atoms with van der Waals surface area (Å²) in [5.41, 5.74) is 0. The van der Waals surface area contributed by atoms with Crippen molar-refractivity contribution in [1.82, 2.24) is 4.90 Å². The zero-order chi connectivity index (χ0) is 13.5. The molecule has 2 aliphatic rings. The van der Waals surface area contributed by atoms with Crippen LogP contribution in [0, 0.1) is 5.92 Å². The molecular formula is C17H31NO. The van der Waals surface area contributed by atoms with Gasteiger partial charge in [-0.3, -0.25) is 4.79 Å². The number of hydrogen-bond acceptors (Lipinski definition) is 1. The summed E-state index contributed by atoms with van der Waals surface area (Å²) in [4.78, 5) is 15.1. The Morgan fingerprint density at radius 2 is 1.53 bits per heavy atom. The summed E-state index contributed by atoms with van der Waals surface area (Å²) in [7, 11) is 0. The van der Waals surface area contributed by atoms with E-state index >= 15 is 0 Å². The van der Waals surface area contributed by atoms with Crippen LogP contribution in [-0.4, -0.2) is 23.4 Å². The van der Waals surface area contributed by atoms with Gasteiger partial charge in [0.15, 0.2) is 0 Å². The summed E-state index contributed by atoms with van der Waals surface area (Å²) in [5.74, 6) is 0.854. The Balaban J connectivity index is 1.95. The molecule has 19 heavy (non-hydrogen) atoms. The van der Waals surface area contributed by atoms with Crippen LogP contribution >= 0.6 is 0 Å². The van der Waals surface area contributed by atoms with Crippen molar-refractivity contribution in [2.45, 2.75) is 90.0 Å². The van der Waals surface area contributed by atoms with Crippen LogP contribution in [0.1, 0.15) is 84.0 Å². The van der Waals surface area contributed by atoms with Gasteiger partial charge in [0.05, 0.1) is 0 Å². The van der Waals surface area contributed by atoms with E-state index in [-0.39, 0.29) is 0 Å². The van der Waals surface area contributed by atoms with E-state index in [0.717, 1.165) is 19.4 Å². The molecule has 110 valence electrons. The topological polar surface area (TPSA) is 20.3 Å². The molecule has 2 fully saturated rings. The number of carbonyl (C=O) groups excluding carboxylic acids is 1. The first-order chi connectivity index (χ1) is 9.33. The quantitative estimate of drug-likeness (QED) is 0.715. The lowest BCUT2D eigenvalue weighted by Gasteiger charge is -2.37. The minimum atomic E-state index is 0.354. The standard InChI is InChI=1S/C17H31NO/c1-2-3-14-18(16-12-8-5-9-13-16)17(19)15-10-6-4-7-11-15/h15-16H,2-14H2,1H3. The van der Waals surface area contributed by atoms with Crippen molar-refractivity contribution in [3.63, 3.8) is 0 Å². The lowest BCUT2D eigenvalue weighted by molar-refractivity contribution is -0.139. The van der Waals surface area contributed by atoms with Gasteiger partial charge in [-0.2, -0.15) is 0 Å². The van der Waals surface area contributed by atoms with Crippen LogP contribution in [0.2, 0.25) is 0 Å². The van der Waals surface area contributed by atoms with Gasteiger partial charge >= 0.3 is 0 Å². The Labute approximate surface area is 118 Å². The molecule has 2 heteroatoms.